The van der Waals surface area contributed by atoms with Crippen LogP contribution in [-0.2, 0) is 11.2 Å². The number of methoxy groups -OCH3 is 1. The van der Waals surface area contributed by atoms with Crippen molar-refractivity contribution >= 4 is 5.91 Å². The van der Waals surface area contributed by atoms with Gasteiger partial charge >= 0.3 is 0 Å². The summed E-state index contributed by atoms with van der Waals surface area (Å²) in [7, 11) is 1.66. The van der Waals surface area contributed by atoms with E-state index in [-0.39, 0.29) is 5.91 Å². The van der Waals surface area contributed by atoms with Gasteiger partial charge in [-0.05, 0) is 29.5 Å². The number of nitrogens with two attached hydrogens (primary N) is 1. The van der Waals surface area contributed by atoms with E-state index in [1.54, 1.807) is 7.11 Å². The summed E-state index contributed by atoms with van der Waals surface area (Å²) in [5.41, 5.74) is 7.69. The normalized spacial score (nSPS) is 10.6. The molecule has 0 aromatic heterocycles. The number of amides is 1. The van der Waals surface area contributed by atoms with Crippen molar-refractivity contribution in [2.45, 2.75) is 32.6 Å². The number of carbonyl (C=O) groups excluding carboxylic acids is 1. The molecule has 0 radical (unpaired) electrons. The first-order valence-electron chi connectivity index (χ1n) is 6.72. The van der Waals surface area contributed by atoms with E-state index < -0.39 is 0 Å². The fourth-order valence-corrected chi connectivity index (χ4v) is 1.90. The van der Waals surface area contributed by atoms with Crippen molar-refractivity contribution in [3.63, 3.8) is 0 Å². The number of nitrogens with one attached hydrogen (secondary N) is 1. The number of hydrogen-bond donors (Lipinski definition) is 2. The Morgan fingerprint density at radius 1 is 1.42 bits per heavy atom. The predicted octanol–water partition coefficient (Wildman–Crippen LogP) is 1.83. The smallest absolute Gasteiger partial charge is 0.220 e. The van der Waals surface area contributed by atoms with Gasteiger partial charge in [0.1, 0.15) is 5.75 Å². The lowest BCUT2D eigenvalue weighted by atomic mass is 9.98. The Balaban J connectivity index is 2.69. The third kappa shape index (κ3) is 4.91. The highest BCUT2D eigenvalue weighted by molar-refractivity contribution is 5.76. The second-order valence-corrected chi connectivity index (χ2v) is 4.86. The molecule has 0 spiro atoms. The Morgan fingerprint density at radius 3 is 2.74 bits per heavy atom. The summed E-state index contributed by atoms with van der Waals surface area (Å²) >= 11 is 0. The SMILES string of the molecule is COc1ccc(C(C)C)cc1CCC(=O)NCCN. The Hall–Kier alpha value is -1.55. The van der Waals surface area contributed by atoms with Gasteiger partial charge < -0.3 is 15.8 Å². The highest BCUT2D eigenvalue weighted by Gasteiger charge is 2.09. The molecule has 0 unspecified atom stereocenters. The first-order valence-corrected chi connectivity index (χ1v) is 6.72. The lowest BCUT2D eigenvalue weighted by molar-refractivity contribution is -0.120. The van der Waals surface area contributed by atoms with Crippen LogP contribution < -0.4 is 15.8 Å². The quantitative estimate of drug-likeness (QED) is 0.789. The van der Waals surface area contributed by atoms with Crippen LogP contribution in [0, 0.1) is 0 Å². The Morgan fingerprint density at radius 2 is 2.16 bits per heavy atom. The largest absolute Gasteiger partial charge is 0.496 e. The van der Waals surface area contributed by atoms with Crippen molar-refractivity contribution in [1.82, 2.24) is 5.32 Å². The maximum absolute atomic E-state index is 11.6. The number of ether oxygens (including phenoxy) is 1. The zero-order valence-electron chi connectivity index (χ0n) is 12.0. The summed E-state index contributed by atoms with van der Waals surface area (Å²) in [6, 6.07) is 6.17. The van der Waals surface area contributed by atoms with Gasteiger partial charge in [0.15, 0.2) is 0 Å². The van der Waals surface area contributed by atoms with Crippen LogP contribution in [0.2, 0.25) is 0 Å². The van der Waals surface area contributed by atoms with Gasteiger partial charge in [-0.1, -0.05) is 26.0 Å². The average molecular weight is 264 g/mol. The van der Waals surface area contributed by atoms with Crippen molar-refractivity contribution in [2.24, 2.45) is 5.73 Å². The molecule has 0 atom stereocenters. The molecule has 0 fully saturated rings. The van der Waals surface area contributed by atoms with Crippen LogP contribution in [0.15, 0.2) is 18.2 Å². The number of benzene rings is 1. The molecule has 0 saturated heterocycles. The molecule has 0 heterocycles. The zero-order valence-corrected chi connectivity index (χ0v) is 12.0. The van der Waals surface area contributed by atoms with Gasteiger partial charge in [0.25, 0.3) is 0 Å². The molecule has 4 heteroatoms. The second kappa shape index (κ2) is 7.79. The van der Waals surface area contributed by atoms with Gasteiger partial charge in [-0.3, -0.25) is 4.79 Å². The summed E-state index contributed by atoms with van der Waals surface area (Å²) < 4.78 is 5.34. The lowest BCUT2D eigenvalue weighted by Crippen LogP contribution is -2.29. The van der Waals surface area contributed by atoms with Crippen LogP contribution in [-0.4, -0.2) is 26.1 Å². The second-order valence-electron chi connectivity index (χ2n) is 4.86. The third-order valence-electron chi connectivity index (χ3n) is 3.06. The van der Waals surface area contributed by atoms with E-state index in [1.807, 2.05) is 6.07 Å². The zero-order chi connectivity index (χ0) is 14.3. The molecule has 1 amide bonds. The van der Waals surface area contributed by atoms with E-state index in [0.29, 0.717) is 31.8 Å². The first-order chi connectivity index (χ1) is 9.08. The molecule has 1 aromatic carbocycles. The predicted molar refractivity (Wildman–Crippen MR) is 77.5 cm³/mol. The van der Waals surface area contributed by atoms with Crippen molar-refractivity contribution in [3.05, 3.63) is 29.3 Å². The number of rotatable bonds is 7. The number of aryl methyl sites for hydroxylation is 1. The highest BCUT2D eigenvalue weighted by atomic mass is 16.5. The third-order valence-corrected chi connectivity index (χ3v) is 3.06. The average Bonchev–Trinajstić information content (AvgIpc) is 2.42. The van der Waals surface area contributed by atoms with Crippen molar-refractivity contribution in [2.75, 3.05) is 20.2 Å². The molecular formula is C15H24N2O2. The summed E-state index contributed by atoms with van der Waals surface area (Å²) in [6.45, 7) is 5.30. The maximum atomic E-state index is 11.6. The van der Waals surface area contributed by atoms with Gasteiger partial charge in [-0.25, -0.2) is 0 Å². The van der Waals surface area contributed by atoms with E-state index in [4.69, 9.17) is 10.5 Å². The van der Waals surface area contributed by atoms with Crippen LogP contribution in [0.4, 0.5) is 0 Å². The van der Waals surface area contributed by atoms with Crippen LogP contribution >= 0.6 is 0 Å². The number of hydrogen-bond acceptors (Lipinski definition) is 3. The first kappa shape index (κ1) is 15.5. The standard InChI is InChI=1S/C15H24N2O2/c1-11(2)12-4-6-14(19-3)13(10-12)5-7-15(18)17-9-8-16/h4,6,10-11H,5,7-9,16H2,1-3H3,(H,17,18). The van der Waals surface area contributed by atoms with Crippen LogP contribution in [0.25, 0.3) is 0 Å². The van der Waals surface area contributed by atoms with E-state index in [9.17, 15) is 4.79 Å². The molecule has 0 saturated carbocycles. The highest BCUT2D eigenvalue weighted by Crippen LogP contribution is 2.25. The molecular weight excluding hydrogens is 240 g/mol. The number of carbonyl (C=O) groups is 1. The molecule has 4 nitrogen and oxygen atoms in total. The van der Waals surface area contributed by atoms with Crippen molar-refractivity contribution < 1.29 is 9.53 Å². The Bertz CT molecular complexity index is 417. The molecule has 0 bridgehead atoms. The van der Waals surface area contributed by atoms with Gasteiger partial charge in [0, 0.05) is 19.5 Å². The van der Waals surface area contributed by atoms with Gasteiger partial charge in [0.05, 0.1) is 7.11 Å². The van der Waals surface area contributed by atoms with E-state index in [1.165, 1.54) is 5.56 Å². The fraction of sp³-hybridized carbons (Fsp3) is 0.533. The van der Waals surface area contributed by atoms with Gasteiger partial charge in [-0.15, -0.1) is 0 Å². The molecule has 0 aliphatic rings. The molecule has 0 aliphatic carbocycles. The van der Waals surface area contributed by atoms with Crippen LogP contribution in [0.3, 0.4) is 0 Å². The minimum Gasteiger partial charge on any atom is -0.496 e. The molecule has 3 N–H and O–H groups in total. The van der Waals surface area contributed by atoms with Crippen LogP contribution in [0.5, 0.6) is 5.75 Å². The van der Waals surface area contributed by atoms with Gasteiger partial charge in [-0.2, -0.15) is 0 Å². The molecule has 0 aliphatic heterocycles. The molecule has 1 rings (SSSR count). The summed E-state index contributed by atoms with van der Waals surface area (Å²) in [5, 5.41) is 2.77. The maximum Gasteiger partial charge on any atom is 0.220 e. The molecule has 106 valence electrons. The summed E-state index contributed by atoms with van der Waals surface area (Å²) in [5.74, 6) is 1.34. The van der Waals surface area contributed by atoms with Gasteiger partial charge in [0.2, 0.25) is 5.91 Å². The Labute approximate surface area is 115 Å². The van der Waals surface area contributed by atoms with E-state index >= 15 is 0 Å². The summed E-state index contributed by atoms with van der Waals surface area (Å²) in [6.07, 6.45) is 1.14. The van der Waals surface area contributed by atoms with E-state index in [2.05, 4.69) is 31.3 Å². The monoisotopic (exact) mass is 264 g/mol. The Kier molecular flexibility index (Phi) is 6.36. The minimum atomic E-state index is 0.0300. The van der Waals surface area contributed by atoms with Crippen molar-refractivity contribution in [1.29, 1.82) is 0 Å². The van der Waals surface area contributed by atoms with Crippen LogP contribution in [0.1, 0.15) is 37.3 Å². The molecule has 19 heavy (non-hydrogen) atoms. The topological polar surface area (TPSA) is 64.3 Å². The summed E-state index contributed by atoms with van der Waals surface area (Å²) in [4.78, 5) is 11.6. The minimum absolute atomic E-state index is 0.0300. The molecule has 1 aromatic rings. The van der Waals surface area contributed by atoms with Crippen molar-refractivity contribution in [3.8, 4) is 5.75 Å². The fourth-order valence-electron chi connectivity index (χ4n) is 1.90. The lowest BCUT2D eigenvalue weighted by Gasteiger charge is -2.12. The van der Waals surface area contributed by atoms with E-state index in [0.717, 1.165) is 11.3 Å².